The van der Waals surface area contributed by atoms with Crippen molar-refractivity contribution in [3.63, 3.8) is 0 Å². The van der Waals surface area contributed by atoms with Crippen LogP contribution in [-0.4, -0.2) is 17.8 Å². The third-order valence-corrected chi connectivity index (χ3v) is 3.06. The molecule has 2 N–H and O–H groups in total. The number of ether oxygens (including phenoxy) is 2. The fourth-order valence-corrected chi connectivity index (χ4v) is 1.97. The Labute approximate surface area is 120 Å². The average Bonchev–Trinajstić information content (AvgIpc) is 2.90. The van der Waals surface area contributed by atoms with E-state index in [-0.39, 0.29) is 6.04 Å². The number of aromatic nitrogens is 1. The maximum Gasteiger partial charge on any atom is 0.161 e. The Morgan fingerprint density at radius 2 is 1.85 bits per heavy atom. The van der Waals surface area contributed by atoms with Gasteiger partial charge in [-0.2, -0.15) is 0 Å². The summed E-state index contributed by atoms with van der Waals surface area (Å²) in [6.45, 7) is 5.96. The van der Waals surface area contributed by atoms with Crippen molar-refractivity contribution < 1.29 is 9.47 Å². The lowest BCUT2D eigenvalue weighted by Crippen LogP contribution is -2.08. The zero-order chi connectivity index (χ0) is 14.4. The molecule has 1 aromatic heterocycles. The van der Waals surface area contributed by atoms with Crippen LogP contribution in [0.1, 0.15) is 25.5 Å². The van der Waals surface area contributed by atoms with Crippen LogP contribution in [0.15, 0.2) is 42.7 Å². The molecule has 1 heterocycles. The van der Waals surface area contributed by atoms with E-state index in [2.05, 4.69) is 10.8 Å². The molecule has 0 aliphatic rings. The van der Waals surface area contributed by atoms with Crippen molar-refractivity contribution in [1.82, 2.24) is 4.57 Å². The summed E-state index contributed by atoms with van der Waals surface area (Å²) in [7, 11) is 0. The molecule has 2 aromatic rings. The van der Waals surface area contributed by atoms with Crippen LogP contribution in [0, 0.1) is 0 Å². The second kappa shape index (κ2) is 7.01. The summed E-state index contributed by atoms with van der Waals surface area (Å²) in [6.07, 6.45) is 4.08. The summed E-state index contributed by atoms with van der Waals surface area (Å²) in [4.78, 5) is 0. The van der Waals surface area contributed by atoms with E-state index in [4.69, 9.17) is 15.2 Å². The zero-order valence-corrected chi connectivity index (χ0v) is 12.1. The fraction of sp³-hybridized carbons (Fsp3) is 0.375. The highest BCUT2D eigenvalue weighted by Crippen LogP contribution is 2.26. The summed E-state index contributed by atoms with van der Waals surface area (Å²) in [5, 5.41) is 0. The first-order valence-corrected chi connectivity index (χ1v) is 6.96. The molecule has 0 radical (unpaired) electrons. The largest absolute Gasteiger partial charge is 0.490 e. The van der Waals surface area contributed by atoms with Crippen molar-refractivity contribution in [3.8, 4) is 11.5 Å². The van der Waals surface area contributed by atoms with E-state index in [0.29, 0.717) is 13.2 Å². The molecule has 0 aliphatic heterocycles. The van der Waals surface area contributed by atoms with E-state index in [1.807, 2.05) is 50.4 Å². The fourth-order valence-electron chi connectivity index (χ4n) is 1.97. The molecule has 4 nitrogen and oxygen atoms in total. The number of hydrogen-bond donors (Lipinski definition) is 1. The van der Waals surface area contributed by atoms with Gasteiger partial charge in [-0.15, -0.1) is 0 Å². The Morgan fingerprint density at radius 1 is 1.15 bits per heavy atom. The van der Waals surface area contributed by atoms with E-state index in [1.165, 1.54) is 0 Å². The van der Waals surface area contributed by atoms with E-state index in [9.17, 15) is 0 Å². The molecule has 0 saturated heterocycles. The van der Waals surface area contributed by atoms with Crippen LogP contribution >= 0.6 is 0 Å². The number of nitrogens with two attached hydrogens (primary N) is 1. The molecule has 0 bridgehead atoms. The Kier molecular flexibility index (Phi) is 5.07. The normalized spacial score (nSPS) is 12.2. The van der Waals surface area contributed by atoms with E-state index >= 15 is 0 Å². The van der Waals surface area contributed by atoms with Crippen LogP contribution in [0.4, 0.5) is 0 Å². The quantitative estimate of drug-likeness (QED) is 0.844. The molecule has 108 valence electrons. The highest BCUT2D eigenvalue weighted by molar-refractivity contribution is 5.39. The van der Waals surface area contributed by atoms with Gasteiger partial charge in [0, 0.05) is 18.4 Å². The number of rotatable bonds is 7. The molecule has 0 spiro atoms. The average molecular weight is 274 g/mol. The standard InChI is InChI=1S/C16H22N2O2/c1-3-19-15-6-4-5-7-16(15)20-11-10-18-9-8-14(12-18)13(2)17/h4-9,12-13H,3,10-11,17H2,1-2H3. The predicted octanol–water partition coefficient (Wildman–Crippen LogP) is 2.99. The van der Waals surface area contributed by atoms with Crippen LogP contribution in [0.2, 0.25) is 0 Å². The minimum atomic E-state index is 0.0656. The summed E-state index contributed by atoms with van der Waals surface area (Å²) in [5.41, 5.74) is 6.98. The molecule has 2 rings (SSSR count). The van der Waals surface area contributed by atoms with Gasteiger partial charge in [-0.1, -0.05) is 12.1 Å². The van der Waals surface area contributed by atoms with Crippen LogP contribution in [0.3, 0.4) is 0 Å². The Balaban J connectivity index is 1.89. The Hall–Kier alpha value is -1.94. The van der Waals surface area contributed by atoms with Gasteiger partial charge < -0.3 is 19.8 Å². The lowest BCUT2D eigenvalue weighted by Gasteiger charge is -2.11. The number of hydrogen-bond acceptors (Lipinski definition) is 3. The molecule has 1 unspecified atom stereocenters. The van der Waals surface area contributed by atoms with Crippen molar-refractivity contribution >= 4 is 0 Å². The smallest absolute Gasteiger partial charge is 0.161 e. The number of para-hydroxylation sites is 2. The van der Waals surface area contributed by atoms with E-state index < -0.39 is 0 Å². The molecule has 0 saturated carbocycles. The topological polar surface area (TPSA) is 49.4 Å². The third-order valence-electron chi connectivity index (χ3n) is 3.06. The van der Waals surface area contributed by atoms with Gasteiger partial charge in [0.2, 0.25) is 0 Å². The first-order valence-electron chi connectivity index (χ1n) is 6.96. The number of benzene rings is 1. The zero-order valence-electron chi connectivity index (χ0n) is 12.1. The lowest BCUT2D eigenvalue weighted by molar-refractivity contribution is 0.266. The SMILES string of the molecule is CCOc1ccccc1OCCn1ccc(C(C)N)c1. The summed E-state index contributed by atoms with van der Waals surface area (Å²) < 4.78 is 13.4. The summed E-state index contributed by atoms with van der Waals surface area (Å²) in [6, 6.07) is 9.84. The maximum absolute atomic E-state index is 5.84. The van der Waals surface area contributed by atoms with Gasteiger partial charge >= 0.3 is 0 Å². The first kappa shape index (κ1) is 14.5. The minimum absolute atomic E-state index is 0.0656. The van der Waals surface area contributed by atoms with Crippen molar-refractivity contribution in [2.45, 2.75) is 26.4 Å². The van der Waals surface area contributed by atoms with Gasteiger partial charge in [0.05, 0.1) is 13.2 Å². The molecule has 0 amide bonds. The third kappa shape index (κ3) is 3.78. The van der Waals surface area contributed by atoms with Crippen molar-refractivity contribution in [2.75, 3.05) is 13.2 Å². The lowest BCUT2D eigenvalue weighted by atomic mass is 10.2. The van der Waals surface area contributed by atoms with E-state index in [1.54, 1.807) is 0 Å². The molecular weight excluding hydrogens is 252 g/mol. The van der Waals surface area contributed by atoms with Crippen LogP contribution in [0.5, 0.6) is 11.5 Å². The monoisotopic (exact) mass is 274 g/mol. The molecule has 20 heavy (non-hydrogen) atoms. The predicted molar refractivity (Wildman–Crippen MR) is 80.1 cm³/mol. The van der Waals surface area contributed by atoms with Gasteiger partial charge in [-0.3, -0.25) is 0 Å². The number of nitrogens with zero attached hydrogens (tertiary/aromatic N) is 1. The van der Waals surface area contributed by atoms with Gasteiger partial charge in [-0.25, -0.2) is 0 Å². The molecule has 0 aliphatic carbocycles. The summed E-state index contributed by atoms with van der Waals surface area (Å²) >= 11 is 0. The van der Waals surface area contributed by atoms with E-state index in [0.717, 1.165) is 23.6 Å². The summed E-state index contributed by atoms with van der Waals surface area (Å²) in [5.74, 6) is 1.58. The van der Waals surface area contributed by atoms with Gasteiger partial charge in [-0.05, 0) is 37.6 Å². The Bertz CT molecular complexity index is 535. The molecule has 0 fully saturated rings. The van der Waals surface area contributed by atoms with Crippen LogP contribution in [0.25, 0.3) is 0 Å². The second-order valence-corrected chi connectivity index (χ2v) is 4.70. The first-order chi connectivity index (χ1) is 9.70. The molecular formula is C16H22N2O2. The highest BCUT2D eigenvalue weighted by Gasteiger charge is 2.04. The van der Waals surface area contributed by atoms with Crippen LogP contribution in [-0.2, 0) is 6.54 Å². The van der Waals surface area contributed by atoms with Crippen LogP contribution < -0.4 is 15.2 Å². The Morgan fingerprint density at radius 3 is 2.45 bits per heavy atom. The van der Waals surface area contributed by atoms with Crippen molar-refractivity contribution in [2.24, 2.45) is 5.73 Å². The van der Waals surface area contributed by atoms with Crippen molar-refractivity contribution in [1.29, 1.82) is 0 Å². The molecule has 1 aromatic carbocycles. The maximum atomic E-state index is 5.84. The van der Waals surface area contributed by atoms with Crippen molar-refractivity contribution in [3.05, 3.63) is 48.3 Å². The molecule has 1 atom stereocenters. The highest BCUT2D eigenvalue weighted by atomic mass is 16.5. The molecule has 4 heteroatoms. The van der Waals surface area contributed by atoms with Gasteiger partial charge in [0.25, 0.3) is 0 Å². The van der Waals surface area contributed by atoms with Gasteiger partial charge in [0.15, 0.2) is 11.5 Å². The van der Waals surface area contributed by atoms with Gasteiger partial charge in [0.1, 0.15) is 6.61 Å². The second-order valence-electron chi connectivity index (χ2n) is 4.70. The minimum Gasteiger partial charge on any atom is -0.490 e.